The van der Waals surface area contributed by atoms with Crippen LogP contribution in [0.2, 0.25) is 0 Å². The lowest BCUT2D eigenvalue weighted by molar-refractivity contribution is -0.142. The minimum Gasteiger partial charge on any atom is -0.481 e. The molecule has 284 valence electrons. The Morgan fingerprint density at radius 1 is 0.367 bits per heavy atom. The fourth-order valence-electron chi connectivity index (χ4n) is 6.79. The van der Waals surface area contributed by atoms with Crippen LogP contribution in [-0.4, -0.2) is 33.7 Å². The largest absolute Gasteiger partial charge is 0.481 e. The van der Waals surface area contributed by atoms with Gasteiger partial charge in [0.25, 0.3) is 0 Å². The summed E-state index contributed by atoms with van der Waals surface area (Å²) in [7, 11) is 0. The van der Waals surface area contributed by atoms with Crippen molar-refractivity contribution in [2.45, 2.75) is 219 Å². The molecule has 0 heterocycles. The van der Waals surface area contributed by atoms with E-state index in [-0.39, 0.29) is 11.6 Å². The number of hydrogen-bond acceptors (Lipinski definition) is 4. The van der Waals surface area contributed by atoms with E-state index in [1.165, 1.54) is 64.2 Å². The normalized spacial score (nSPS) is 12.0. The predicted octanol–water partition coefficient (Wildman–Crippen LogP) is 12.9. The molecule has 0 rings (SSSR count). The summed E-state index contributed by atoms with van der Waals surface area (Å²) in [5.74, 6) is -1.03. The van der Waals surface area contributed by atoms with Crippen molar-refractivity contribution in [1.29, 1.82) is 0 Å². The van der Waals surface area contributed by atoms with E-state index >= 15 is 0 Å². The number of ketones is 2. The van der Waals surface area contributed by atoms with Gasteiger partial charge in [-0.05, 0) is 89.9 Å². The molecule has 0 spiro atoms. The molecule has 0 aliphatic heterocycles. The number of Topliss-reactive ketones (excluding diaryl/α,β-unsaturated/α-hetero) is 2. The van der Waals surface area contributed by atoms with E-state index in [0.29, 0.717) is 38.5 Å². The molecule has 0 amide bonds. The molecule has 2 N–H and O–H groups in total. The van der Waals surface area contributed by atoms with Crippen molar-refractivity contribution >= 4 is 23.5 Å². The maximum absolute atomic E-state index is 13.3. The number of carboxylic acid groups (broad SMARTS) is 2. The van der Waals surface area contributed by atoms with Gasteiger partial charge in [0.05, 0.1) is 5.41 Å². The lowest BCUT2D eigenvalue weighted by Crippen LogP contribution is -2.38. The van der Waals surface area contributed by atoms with Gasteiger partial charge in [0, 0.05) is 25.7 Å². The molecule has 0 saturated carbocycles. The van der Waals surface area contributed by atoms with Gasteiger partial charge in [-0.3, -0.25) is 19.2 Å². The SMILES string of the molecule is CCC(CC)(C(=O)CCCCCCCCC=CCCCCCCCC(=O)O)C(=O)CCCCCCCCC=CCCCCCCCC(=O)O. The van der Waals surface area contributed by atoms with Crippen molar-refractivity contribution in [2.75, 3.05) is 0 Å². The van der Waals surface area contributed by atoms with Gasteiger partial charge < -0.3 is 10.2 Å². The zero-order valence-electron chi connectivity index (χ0n) is 32.0. The molecule has 0 aliphatic carbocycles. The van der Waals surface area contributed by atoms with Crippen LogP contribution >= 0.6 is 0 Å². The van der Waals surface area contributed by atoms with Crippen LogP contribution in [0.4, 0.5) is 0 Å². The Labute approximate surface area is 301 Å². The van der Waals surface area contributed by atoms with Crippen LogP contribution in [0, 0.1) is 5.41 Å². The molecule has 6 nitrogen and oxygen atoms in total. The van der Waals surface area contributed by atoms with E-state index in [1.807, 2.05) is 13.8 Å². The summed E-state index contributed by atoms with van der Waals surface area (Å²) in [5.41, 5.74) is -0.765. The van der Waals surface area contributed by atoms with Crippen molar-refractivity contribution in [2.24, 2.45) is 5.41 Å². The molecule has 0 aromatic heterocycles. The number of carbonyl (C=O) groups is 4. The van der Waals surface area contributed by atoms with E-state index in [2.05, 4.69) is 24.3 Å². The first kappa shape index (κ1) is 46.8. The molecule has 0 fully saturated rings. The molecule has 0 unspecified atom stereocenters. The van der Waals surface area contributed by atoms with Crippen molar-refractivity contribution in [3.8, 4) is 0 Å². The molecular formula is C43H76O6. The minimum atomic E-state index is -0.765. The van der Waals surface area contributed by atoms with E-state index in [1.54, 1.807) is 0 Å². The van der Waals surface area contributed by atoms with E-state index in [9.17, 15) is 19.2 Å². The molecule has 0 radical (unpaired) electrons. The van der Waals surface area contributed by atoms with Gasteiger partial charge in [-0.15, -0.1) is 0 Å². The van der Waals surface area contributed by atoms with Gasteiger partial charge in [0.1, 0.15) is 11.6 Å². The Kier molecular flexibility index (Phi) is 32.7. The Bertz CT molecular complexity index is 817. The lowest BCUT2D eigenvalue weighted by Gasteiger charge is -2.29. The van der Waals surface area contributed by atoms with Crippen LogP contribution in [0.25, 0.3) is 0 Å². The lowest BCUT2D eigenvalue weighted by atomic mass is 9.71. The molecule has 0 bridgehead atoms. The van der Waals surface area contributed by atoms with Crippen molar-refractivity contribution in [3.63, 3.8) is 0 Å². The van der Waals surface area contributed by atoms with Crippen LogP contribution in [0.1, 0.15) is 219 Å². The zero-order chi connectivity index (χ0) is 36.3. The second-order valence-corrected chi connectivity index (χ2v) is 14.3. The van der Waals surface area contributed by atoms with E-state index in [4.69, 9.17) is 10.2 Å². The monoisotopic (exact) mass is 689 g/mol. The van der Waals surface area contributed by atoms with E-state index < -0.39 is 17.4 Å². The Morgan fingerprint density at radius 2 is 0.592 bits per heavy atom. The predicted molar refractivity (Wildman–Crippen MR) is 205 cm³/mol. The van der Waals surface area contributed by atoms with Gasteiger partial charge in [-0.2, -0.15) is 0 Å². The van der Waals surface area contributed by atoms with Crippen LogP contribution < -0.4 is 0 Å². The van der Waals surface area contributed by atoms with Gasteiger partial charge in [-0.25, -0.2) is 0 Å². The summed E-state index contributed by atoms with van der Waals surface area (Å²) < 4.78 is 0. The summed E-state index contributed by atoms with van der Waals surface area (Å²) in [6.45, 7) is 4.02. The Hall–Kier alpha value is -2.24. The number of aliphatic carboxylic acids is 2. The molecule has 6 heteroatoms. The topological polar surface area (TPSA) is 109 Å². The molecule has 0 atom stereocenters. The standard InChI is InChI=1S/C43H76O6/c1-3-43(4-2,39(44)35-31-27-23-19-15-11-7-5-9-13-17-21-25-29-33-37-41(46)47)40(45)36-32-28-24-20-16-12-8-6-10-14-18-22-26-30-34-38-42(48)49/h5-6,9-10H,3-4,7-8,11-38H2,1-2H3,(H,46,47)(H,48,49). The second-order valence-electron chi connectivity index (χ2n) is 14.3. The first-order valence-electron chi connectivity index (χ1n) is 20.6. The van der Waals surface area contributed by atoms with E-state index in [0.717, 1.165) is 103 Å². The van der Waals surface area contributed by atoms with Gasteiger partial charge in [-0.1, -0.05) is 128 Å². The van der Waals surface area contributed by atoms with Crippen LogP contribution in [0.15, 0.2) is 24.3 Å². The quantitative estimate of drug-likeness (QED) is 0.0379. The summed E-state index contributed by atoms with van der Waals surface area (Å²) in [4.78, 5) is 47.5. The summed E-state index contributed by atoms with van der Waals surface area (Å²) >= 11 is 0. The number of hydrogen-bond donors (Lipinski definition) is 2. The average Bonchev–Trinajstić information content (AvgIpc) is 3.08. The third-order valence-electron chi connectivity index (χ3n) is 10.2. The highest BCUT2D eigenvalue weighted by molar-refractivity contribution is 6.06. The van der Waals surface area contributed by atoms with Gasteiger partial charge in [0.15, 0.2) is 0 Å². The first-order valence-corrected chi connectivity index (χ1v) is 20.6. The van der Waals surface area contributed by atoms with Gasteiger partial charge >= 0.3 is 11.9 Å². The highest BCUT2D eigenvalue weighted by Crippen LogP contribution is 2.33. The Balaban J connectivity index is 3.83. The minimum absolute atomic E-state index is 0.177. The summed E-state index contributed by atoms with van der Waals surface area (Å²) in [6, 6.07) is 0. The summed E-state index contributed by atoms with van der Waals surface area (Å²) in [5, 5.41) is 17.3. The van der Waals surface area contributed by atoms with Crippen LogP contribution in [0.3, 0.4) is 0 Å². The van der Waals surface area contributed by atoms with Crippen molar-refractivity contribution in [3.05, 3.63) is 24.3 Å². The van der Waals surface area contributed by atoms with Crippen LogP contribution in [0.5, 0.6) is 0 Å². The van der Waals surface area contributed by atoms with Crippen LogP contribution in [-0.2, 0) is 19.2 Å². The molecular weight excluding hydrogens is 612 g/mol. The number of rotatable bonds is 38. The second kappa shape index (κ2) is 34.2. The zero-order valence-corrected chi connectivity index (χ0v) is 32.0. The third-order valence-corrected chi connectivity index (χ3v) is 10.2. The number of carbonyl (C=O) groups excluding carboxylic acids is 2. The highest BCUT2D eigenvalue weighted by Gasteiger charge is 2.40. The highest BCUT2D eigenvalue weighted by atomic mass is 16.4. The fraction of sp³-hybridized carbons (Fsp3) is 0.814. The fourth-order valence-corrected chi connectivity index (χ4v) is 6.79. The molecule has 0 aromatic carbocycles. The maximum Gasteiger partial charge on any atom is 0.303 e. The molecule has 0 aromatic rings. The van der Waals surface area contributed by atoms with Crippen molar-refractivity contribution in [1.82, 2.24) is 0 Å². The Morgan fingerprint density at radius 3 is 0.837 bits per heavy atom. The maximum atomic E-state index is 13.3. The number of unbranched alkanes of at least 4 members (excludes halogenated alkanes) is 22. The number of allylic oxidation sites excluding steroid dienone is 4. The summed E-state index contributed by atoms with van der Waals surface area (Å²) in [6.07, 6.45) is 40.8. The average molecular weight is 689 g/mol. The van der Waals surface area contributed by atoms with Crippen molar-refractivity contribution < 1.29 is 29.4 Å². The molecule has 49 heavy (non-hydrogen) atoms. The first-order chi connectivity index (χ1) is 23.8. The third kappa shape index (κ3) is 28.2. The van der Waals surface area contributed by atoms with Gasteiger partial charge in [0.2, 0.25) is 0 Å². The molecule has 0 saturated heterocycles. The molecule has 0 aliphatic rings. The number of carboxylic acids is 2. The smallest absolute Gasteiger partial charge is 0.303 e.